The maximum absolute atomic E-state index is 11.9. The van der Waals surface area contributed by atoms with Gasteiger partial charge in [-0.15, -0.1) is 6.42 Å². The van der Waals surface area contributed by atoms with Crippen LogP contribution in [-0.2, 0) is 16.0 Å². The van der Waals surface area contributed by atoms with E-state index in [0.717, 1.165) is 50.6 Å². The third-order valence-electron chi connectivity index (χ3n) is 4.66. The third-order valence-corrected chi connectivity index (χ3v) is 4.66. The molecule has 1 aromatic carbocycles. The lowest BCUT2D eigenvalue weighted by molar-refractivity contribution is -0.149. The minimum Gasteiger partial charge on any atom is -0.481 e. The van der Waals surface area contributed by atoms with E-state index >= 15 is 0 Å². The SMILES string of the molecule is C#CCOc1ccc(CCN=C(NCC)N2CCC(C(=O)OCC)CC2)cc1. The van der Waals surface area contributed by atoms with Gasteiger partial charge in [-0.25, -0.2) is 0 Å². The molecule has 0 atom stereocenters. The number of nitrogens with zero attached hydrogens (tertiary/aromatic N) is 2. The zero-order valence-corrected chi connectivity index (χ0v) is 16.9. The first kappa shape index (κ1) is 21.6. The van der Waals surface area contributed by atoms with E-state index in [-0.39, 0.29) is 18.5 Å². The van der Waals surface area contributed by atoms with Gasteiger partial charge in [-0.3, -0.25) is 9.79 Å². The predicted octanol–water partition coefficient (Wildman–Crippen LogP) is 2.48. The second-order valence-corrected chi connectivity index (χ2v) is 6.64. The molecule has 0 aromatic heterocycles. The lowest BCUT2D eigenvalue weighted by Crippen LogP contribution is -2.46. The molecule has 1 saturated heterocycles. The van der Waals surface area contributed by atoms with Crippen molar-refractivity contribution < 1.29 is 14.3 Å². The van der Waals surface area contributed by atoms with Crippen LogP contribution in [0.25, 0.3) is 0 Å². The van der Waals surface area contributed by atoms with Gasteiger partial charge in [0.15, 0.2) is 5.96 Å². The molecule has 1 fully saturated rings. The number of hydrogen-bond donors (Lipinski definition) is 1. The van der Waals surface area contributed by atoms with Gasteiger partial charge >= 0.3 is 5.97 Å². The van der Waals surface area contributed by atoms with Crippen molar-refractivity contribution in [3.63, 3.8) is 0 Å². The number of terminal acetylenes is 1. The highest BCUT2D eigenvalue weighted by atomic mass is 16.5. The van der Waals surface area contributed by atoms with Crippen LogP contribution < -0.4 is 10.1 Å². The molecule has 0 amide bonds. The van der Waals surface area contributed by atoms with Crippen LogP contribution in [0, 0.1) is 18.3 Å². The Kier molecular flexibility index (Phi) is 9.20. The minimum atomic E-state index is -0.0706. The van der Waals surface area contributed by atoms with Crippen molar-refractivity contribution in [2.24, 2.45) is 10.9 Å². The molecule has 2 rings (SSSR count). The average Bonchev–Trinajstić information content (AvgIpc) is 2.73. The minimum absolute atomic E-state index is 0.00859. The smallest absolute Gasteiger partial charge is 0.309 e. The molecule has 1 N–H and O–H groups in total. The van der Waals surface area contributed by atoms with E-state index < -0.39 is 0 Å². The number of hydrogen-bond acceptors (Lipinski definition) is 4. The van der Waals surface area contributed by atoms with Gasteiger partial charge in [0.2, 0.25) is 0 Å². The number of carbonyl (C=O) groups excluding carboxylic acids is 1. The number of carbonyl (C=O) groups is 1. The number of likely N-dealkylation sites (tertiary alicyclic amines) is 1. The number of guanidine groups is 1. The van der Waals surface area contributed by atoms with Crippen molar-refractivity contribution in [2.75, 3.05) is 39.4 Å². The Hall–Kier alpha value is -2.68. The molecule has 0 unspecified atom stereocenters. The molecule has 1 aliphatic rings. The number of rotatable bonds is 8. The Morgan fingerprint density at radius 1 is 1.29 bits per heavy atom. The Bertz CT molecular complexity index is 671. The van der Waals surface area contributed by atoms with Crippen molar-refractivity contribution in [1.82, 2.24) is 10.2 Å². The third kappa shape index (κ3) is 6.80. The fourth-order valence-electron chi connectivity index (χ4n) is 3.18. The van der Waals surface area contributed by atoms with Crippen LogP contribution in [0.2, 0.25) is 0 Å². The molecule has 28 heavy (non-hydrogen) atoms. The van der Waals surface area contributed by atoms with Crippen molar-refractivity contribution in [3.8, 4) is 18.1 Å². The summed E-state index contributed by atoms with van der Waals surface area (Å²) in [7, 11) is 0. The Balaban J connectivity index is 1.85. The fraction of sp³-hybridized carbons (Fsp3) is 0.545. The van der Waals surface area contributed by atoms with Gasteiger partial charge in [-0.1, -0.05) is 18.1 Å². The first-order chi connectivity index (χ1) is 13.7. The molecule has 0 saturated carbocycles. The highest BCUT2D eigenvalue weighted by Crippen LogP contribution is 2.19. The van der Waals surface area contributed by atoms with E-state index in [0.29, 0.717) is 13.2 Å². The van der Waals surface area contributed by atoms with Crippen LogP contribution in [0.4, 0.5) is 0 Å². The van der Waals surface area contributed by atoms with E-state index in [2.05, 4.69) is 23.1 Å². The normalized spacial score (nSPS) is 15.0. The molecule has 6 heteroatoms. The molecule has 6 nitrogen and oxygen atoms in total. The second-order valence-electron chi connectivity index (χ2n) is 6.64. The zero-order valence-electron chi connectivity index (χ0n) is 16.9. The molecular formula is C22H31N3O3. The molecule has 0 aliphatic carbocycles. The zero-order chi connectivity index (χ0) is 20.2. The lowest BCUT2D eigenvalue weighted by Gasteiger charge is -2.33. The molecule has 0 bridgehead atoms. The van der Waals surface area contributed by atoms with Crippen LogP contribution in [0.1, 0.15) is 32.3 Å². The first-order valence-electron chi connectivity index (χ1n) is 10.0. The largest absolute Gasteiger partial charge is 0.481 e. The fourth-order valence-corrected chi connectivity index (χ4v) is 3.18. The average molecular weight is 386 g/mol. The maximum Gasteiger partial charge on any atom is 0.309 e. The molecule has 1 aromatic rings. The van der Waals surface area contributed by atoms with E-state index in [9.17, 15) is 4.79 Å². The van der Waals surface area contributed by atoms with Gasteiger partial charge in [-0.05, 0) is 50.8 Å². The second kappa shape index (κ2) is 11.9. The molecule has 1 heterocycles. The van der Waals surface area contributed by atoms with E-state index in [1.54, 1.807) is 0 Å². The van der Waals surface area contributed by atoms with Gasteiger partial charge in [0.05, 0.1) is 12.5 Å². The summed E-state index contributed by atoms with van der Waals surface area (Å²) in [5.41, 5.74) is 1.20. The molecule has 0 spiro atoms. The highest BCUT2D eigenvalue weighted by Gasteiger charge is 2.27. The van der Waals surface area contributed by atoms with Gasteiger partial charge in [0, 0.05) is 26.2 Å². The van der Waals surface area contributed by atoms with E-state index in [4.69, 9.17) is 20.9 Å². The summed E-state index contributed by atoms with van der Waals surface area (Å²) in [6, 6.07) is 7.95. The first-order valence-corrected chi connectivity index (χ1v) is 10.0. The van der Waals surface area contributed by atoms with Crippen LogP contribution >= 0.6 is 0 Å². The van der Waals surface area contributed by atoms with Gasteiger partial charge in [-0.2, -0.15) is 0 Å². The van der Waals surface area contributed by atoms with Crippen LogP contribution in [0.5, 0.6) is 5.75 Å². The number of piperidine rings is 1. The van der Waals surface area contributed by atoms with Crippen molar-refractivity contribution >= 4 is 11.9 Å². The summed E-state index contributed by atoms with van der Waals surface area (Å²) in [6.07, 6.45) is 7.67. The van der Waals surface area contributed by atoms with Crippen LogP contribution in [-0.4, -0.2) is 56.2 Å². The van der Waals surface area contributed by atoms with Gasteiger partial charge in [0.1, 0.15) is 12.4 Å². The van der Waals surface area contributed by atoms with Gasteiger partial charge < -0.3 is 19.7 Å². The number of aliphatic imine (C=N–C) groups is 1. The van der Waals surface area contributed by atoms with Crippen LogP contribution in [0.3, 0.4) is 0 Å². The summed E-state index contributed by atoms with van der Waals surface area (Å²) >= 11 is 0. The van der Waals surface area contributed by atoms with E-state index in [1.165, 1.54) is 5.56 Å². The standard InChI is InChI=1S/C22H31N3O3/c1-4-17-28-20-9-7-18(8-10-20)11-14-24-22(23-5-2)25-15-12-19(13-16-25)21(26)27-6-3/h1,7-10,19H,5-6,11-17H2,2-3H3,(H,23,24). The summed E-state index contributed by atoms with van der Waals surface area (Å²) in [4.78, 5) is 18.9. The number of ether oxygens (including phenoxy) is 2. The number of benzene rings is 1. The Morgan fingerprint density at radius 2 is 2.00 bits per heavy atom. The van der Waals surface area contributed by atoms with Crippen molar-refractivity contribution in [2.45, 2.75) is 33.1 Å². The summed E-state index contributed by atoms with van der Waals surface area (Å²) in [5.74, 6) is 4.09. The summed E-state index contributed by atoms with van der Waals surface area (Å²) in [6.45, 7) is 7.79. The molecule has 1 aliphatic heterocycles. The van der Waals surface area contributed by atoms with Crippen molar-refractivity contribution in [3.05, 3.63) is 29.8 Å². The number of esters is 1. The summed E-state index contributed by atoms with van der Waals surface area (Å²) in [5, 5.41) is 3.36. The Labute approximate surface area is 168 Å². The number of nitrogens with one attached hydrogen (secondary N) is 1. The Morgan fingerprint density at radius 3 is 2.61 bits per heavy atom. The highest BCUT2D eigenvalue weighted by molar-refractivity contribution is 5.80. The maximum atomic E-state index is 11.9. The lowest BCUT2D eigenvalue weighted by atomic mass is 9.97. The van der Waals surface area contributed by atoms with Gasteiger partial charge in [0.25, 0.3) is 0 Å². The summed E-state index contributed by atoms with van der Waals surface area (Å²) < 4.78 is 10.5. The molecular weight excluding hydrogens is 354 g/mol. The molecule has 0 radical (unpaired) electrons. The quantitative estimate of drug-likeness (QED) is 0.322. The van der Waals surface area contributed by atoms with Crippen molar-refractivity contribution in [1.29, 1.82) is 0 Å². The topological polar surface area (TPSA) is 63.2 Å². The van der Waals surface area contributed by atoms with E-state index in [1.807, 2.05) is 31.2 Å². The van der Waals surface area contributed by atoms with Crippen LogP contribution in [0.15, 0.2) is 29.3 Å². The molecule has 152 valence electrons. The predicted molar refractivity (Wildman–Crippen MR) is 111 cm³/mol. The monoisotopic (exact) mass is 385 g/mol.